The summed E-state index contributed by atoms with van der Waals surface area (Å²) in [6.07, 6.45) is -0.475. The molecule has 0 amide bonds. The monoisotopic (exact) mass is 418 g/mol. The van der Waals surface area contributed by atoms with E-state index in [4.69, 9.17) is 9.47 Å². The number of aryl methyl sites for hydroxylation is 1. The van der Waals surface area contributed by atoms with Crippen LogP contribution in [0.15, 0.2) is 42.6 Å². The Labute approximate surface area is 173 Å². The third-order valence-electron chi connectivity index (χ3n) is 5.86. The molecule has 0 fully saturated rings. The highest BCUT2D eigenvalue weighted by atomic mass is 19.4. The van der Waals surface area contributed by atoms with Crippen LogP contribution in [0.2, 0.25) is 0 Å². The maximum Gasteiger partial charge on any atom is 0.401 e. The molecule has 0 radical (unpaired) electrons. The lowest BCUT2D eigenvalue weighted by molar-refractivity contribution is -0.152. The van der Waals surface area contributed by atoms with Gasteiger partial charge in [0.2, 0.25) is 0 Å². The van der Waals surface area contributed by atoms with Gasteiger partial charge in [-0.25, -0.2) is 0 Å². The Morgan fingerprint density at radius 2 is 1.83 bits per heavy atom. The molecule has 1 atom stereocenters. The molecule has 4 nitrogen and oxygen atoms in total. The minimum absolute atomic E-state index is 0.344. The van der Waals surface area contributed by atoms with E-state index in [-0.39, 0.29) is 6.04 Å². The third kappa shape index (κ3) is 4.12. The Hall–Kier alpha value is -2.67. The van der Waals surface area contributed by atoms with Crippen LogP contribution in [0.3, 0.4) is 0 Å². The van der Waals surface area contributed by atoms with Gasteiger partial charge in [0.25, 0.3) is 0 Å². The number of hydrogen-bond acceptors (Lipinski definition) is 3. The quantitative estimate of drug-likeness (QED) is 0.592. The number of H-pyrrole nitrogens is 1. The molecule has 0 unspecified atom stereocenters. The van der Waals surface area contributed by atoms with Crippen molar-refractivity contribution in [2.75, 3.05) is 27.3 Å². The van der Waals surface area contributed by atoms with E-state index >= 15 is 0 Å². The SMILES string of the molecule is COc1cc2c(cc1OC)[C@@H](CCc1c[nH]c3ccccc13)N(CC(F)(F)F)CC2. The van der Waals surface area contributed by atoms with Crippen molar-refractivity contribution in [1.82, 2.24) is 9.88 Å². The highest BCUT2D eigenvalue weighted by Gasteiger charge is 2.37. The van der Waals surface area contributed by atoms with E-state index < -0.39 is 12.7 Å². The van der Waals surface area contributed by atoms with Crippen molar-refractivity contribution in [1.29, 1.82) is 0 Å². The normalized spacial score (nSPS) is 17.2. The van der Waals surface area contributed by atoms with Crippen molar-refractivity contribution in [2.45, 2.75) is 31.5 Å². The van der Waals surface area contributed by atoms with Crippen molar-refractivity contribution in [3.8, 4) is 11.5 Å². The number of rotatable bonds is 6. The van der Waals surface area contributed by atoms with Gasteiger partial charge in [0, 0.05) is 29.7 Å². The fourth-order valence-corrected chi connectivity index (χ4v) is 4.47. The van der Waals surface area contributed by atoms with Crippen LogP contribution >= 0.6 is 0 Å². The number of nitrogens with zero attached hydrogens (tertiary/aromatic N) is 1. The van der Waals surface area contributed by atoms with E-state index in [1.54, 1.807) is 19.1 Å². The summed E-state index contributed by atoms with van der Waals surface area (Å²) >= 11 is 0. The summed E-state index contributed by atoms with van der Waals surface area (Å²) in [5, 5.41) is 1.11. The molecule has 0 bridgehead atoms. The first-order valence-corrected chi connectivity index (χ1v) is 10.00. The number of nitrogens with one attached hydrogen (secondary N) is 1. The molecule has 1 aliphatic heterocycles. The second kappa shape index (κ2) is 8.22. The van der Waals surface area contributed by atoms with Crippen LogP contribution in [-0.4, -0.2) is 43.4 Å². The molecule has 7 heteroatoms. The Balaban J connectivity index is 1.67. The van der Waals surface area contributed by atoms with E-state index in [1.165, 1.54) is 0 Å². The number of alkyl halides is 3. The molecule has 4 rings (SSSR count). The van der Waals surface area contributed by atoms with Crippen molar-refractivity contribution in [3.05, 3.63) is 59.3 Å². The third-order valence-corrected chi connectivity index (χ3v) is 5.86. The standard InChI is InChI=1S/C23H25F3N2O2/c1-29-21-11-15-9-10-28(14-23(24,25)26)20(18(15)12-22(21)30-2)8-7-16-13-27-19-6-4-3-5-17(16)19/h3-6,11-13,20,27H,7-10,14H2,1-2H3/t20-/m1/s1. The fourth-order valence-electron chi connectivity index (χ4n) is 4.47. The number of methoxy groups -OCH3 is 2. The van der Waals surface area contributed by atoms with Gasteiger partial charge in [-0.05, 0) is 54.2 Å². The Morgan fingerprint density at radius 3 is 2.57 bits per heavy atom. The lowest BCUT2D eigenvalue weighted by Gasteiger charge is -2.38. The predicted octanol–water partition coefficient (Wildman–Crippen LogP) is 5.28. The minimum atomic E-state index is -4.24. The number of ether oxygens (including phenoxy) is 2. The molecule has 1 N–H and O–H groups in total. The van der Waals surface area contributed by atoms with Crippen LogP contribution in [0.1, 0.15) is 29.2 Å². The number of hydrogen-bond donors (Lipinski definition) is 1. The van der Waals surface area contributed by atoms with Crippen molar-refractivity contribution < 1.29 is 22.6 Å². The van der Waals surface area contributed by atoms with Gasteiger partial charge in [0.05, 0.1) is 20.8 Å². The van der Waals surface area contributed by atoms with E-state index in [0.29, 0.717) is 37.3 Å². The van der Waals surface area contributed by atoms with E-state index in [0.717, 1.165) is 27.6 Å². The highest BCUT2D eigenvalue weighted by Crippen LogP contribution is 2.41. The molecule has 30 heavy (non-hydrogen) atoms. The van der Waals surface area contributed by atoms with Crippen LogP contribution in [0.5, 0.6) is 11.5 Å². The summed E-state index contributed by atoms with van der Waals surface area (Å²) in [6.45, 7) is -0.556. The first-order chi connectivity index (χ1) is 14.4. The summed E-state index contributed by atoms with van der Waals surface area (Å²) in [7, 11) is 3.11. The molecule has 160 valence electrons. The van der Waals surface area contributed by atoms with Gasteiger partial charge >= 0.3 is 6.18 Å². The number of aromatic nitrogens is 1. The fraction of sp³-hybridized carbons (Fsp3) is 0.391. The molecular weight excluding hydrogens is 393 g/mol. The molecule has 0 saturated carbocycles. The number of halogens is 3. The van der Waals surface area contributed by atoms with E-state index in [2.05, 4.69) is 4.98 Å². The van der Waals surface area contributed by atoms with Crippen LogP contribution in [0.4, 0.5) is 13.2 Å². The zero-order valence-electron chi connectivity index (χ0n) is 17.1. The predicted molar refractivity (Wildman–Crippen MR) is 110 cm³/mol. The van der Waals surface area contributed by atoms with Crippen molar-refractivity contribution in [2.24, 2.45) is 0 Å². The summed E-state index contributed by atoms with van der Waals surface area (Å²) in [6, 6.07) is 11.4. The lowest BCUT2D eigenvalue weighted by Crippen LogP contribution is -2.41. The van der Waals surface area contributed by atoms with Crippen LogP contribution < -0.4 is 9.47 Å². The second-order valence-electron chi connectivity index (χ2n) is 7.66. The Morgan fingerprint density at radius 1 is 1.10 bits per heavy atom. The van der Waals surface area contributed by atoms with E-state index in [1.807, 2.05) is 42.6 Å². The summed E-state index contributed by atoms with van der Waals surface area (Å²) < 4.78 is 50.7. The Kier molecular flexibility index (Phi) is 5.64. The van der Waals surface area contributed by atoms with Crippen molar-refractivity contribution in [3.63, 3.8) is 0 Å². The van der Waals surface area contributed by atoms with Gasteiger partial charge in [-0.1, -0.05) is 18.2 Å². The molecule has 3 aromatic rings. The molecule has 1 aromatic heterocycles. The van der Waals surface area contributed by atoms with Gasteiger partial charge in [0.1, 0.15) is 0 Å². The number of para-hydroxylation sites is 1. The van der Waals surface area contributed by atoms with Crippen LogP contribution in [0.25, 0.3) is 10.9 Å². The van der Waals surface area contributed by atoms with Gasteiger partial charge in [-0.2, -0.15) is 13.2 Å². The smallest absolute Gasteiger partial charge is 0.401 e. The maximum atomic E-state index is 13.3. The second-order valence-corrected chi connectivity index (χ2v) is 7.66. The van der Waals surface area contributed by atoms with Gasteiger partial charge in [-0.3, -0.25) is 4.90 Å². The lowest BCUT2D eigenvalue weighted by atomic mass is 9.88. The molecule has 2 aromatic carbocycles. The Bertz CT molecular complexity index is 1030. The first kappa shape index (κ1) is 20.6. The minimum Gasteiger partial charge on any atom is -0.493 e. The number of fused-ring (bicyclic) bond motifs is 2. The average molecular weight is 418 g/mol. The molecule has 0 aliphatic carbocycles. The van der Waals surface area contributed by atoms with Crippen LogP contribution in [-0.2, 0) is 12.8 Å². The highest BCUT2D eigenvalue weighted by molar-refractivity contribution is 5.83. The maximum absolute atomic E-state index is 13.3. The van der Waals surface area contributed by atoms with E-state index in [9.17, 15) is 13.2 Å². The topological polar surface area (TPSA) is 37.5 Å². The number of benzene rings is 2. The average Bonchev–Trinajstić information content (AvgIpc) is 3.14. The van der Waals surface area contributed by atoms with Gasteiger partial charge in [-0.15, -0.1) is 0 Å². The zero-order valence-corrected chi connectivity index (χ0v) is 17.1. The molecular formula is C23H25F3N2O2. The summed E-state index contributed by atoms with van der Waals surface area (Å²) in [5.41, 5.74) is 4.07. The molecule has 2 heterocycles. The molecule has 0 spiro atoms. The molecule has 0 saturated heterocycles. The number of aromatic amines is 1. The van der Waals surface area contributed by atoms with Gasteiger partial charge in [0.15, 0.2) is 11.5 Å². The van der Waals surface area contributed by atoms with Gasteiger partial charge < -0.3 is 14.5 Å². The summed E-state index contributed by atoms with van der Waals surface area (Å²) in [5.74, 6) is 1.15. The first-order valence-electron chi connectivity index (χ1n) is 10.00. The van der Waals surface area contributed by atoms with Crippen LogP contribution in [0, 0.1) is 0 Å². The van der Waals surface area contributed by atoms with Crippen molar-refractivity contribution >= 4 is 10.9 Å². The largest absolute Gasteiger partial charge is 0.493 e. The zero-order chi connectivity index (χ0) is 21.3. The summed E-state index contributed by atoms with van der Waals surface area (Å²) in [4.78, 5) is 4.79. The molecule has 1 aliphatic rings.